The van der Waals surface area contributed by atoms with Crippen molar-refractivity contribution in [3.8, 4) is 0 Å². The molecule has 0 aliphatic rings. The molecule has 0 unspecified atom stereocenters. The Labute approximate surface area is 215 Å². The number of hydrogen-bond acceptors (Lipinski definition) is 2. The molecular formula is C28H54O4Sn. The van der Waals surface area contributed by atoms with Gasteiger partial charge in [-0.05, 0) is 12.8 Å². The Kier molecular flexibility index (Phi) is 31.0. The number of rotatable bonds is 23. The van der Waals surface area contributed by atoms with Gasteiger partial charge in [0.1, 0.15) is 0 Å². The van der Waals surface area contributed by atoms with Crippen LogP contribution in [0.4, 0.5) is 0 Å². The molecule has 4 nitrogen and oxygen atoms in total. The zero-order valence-electron chi connectivity index (χ0n) is 22.1. The SMILES string of the molecule is CCCCCCCC/C(=C/C(=O)O)C(=O)O.CCCCCCC[CH2][Sn][CH2]CCCCCCC. The van der Waals surface area contributed by atoms with E-state index in [0.29, 0.717) is 6.42 Å². The van der Waals surface area contributed by atoms with E-state index < -0.39 is 11.9 Å². The van der Waals surface area contributed by atoms with Crippen molar-refractivity contribution in [2.75, 3.05) is 0 Å². The van der Waals surface area contributed by atoms with E-state index >= 15 is 0 Å². The molecule has 0 fully saturated rings. The minimum atomic E-state index is -1.19. The number of aliphatic carboxylic acids is 2. The quantitative estimate of drug-likeness (QED) is 0.0727. The second-order valence-electron chi connectivity index (χ2n) is 9.12. The van der Waals surface area contributed by atoms with Gasteiger partial charge in [-0.25, -0.2) is 9.59 Å². The zero-order chi connectivity index (χ0) is 25.0. The van der Waals surface area contributed by atoms with E-state index in [2.05, 4.69) is 20.8 Å². The summed E-state index contributed by atoms with van der Waals surface area (Å²) in [6, 6.07) is 0. The molecule has 0 heterocycles. The first-order valence-corrected chi connectivity index (χ1v) is 17.9. The van der Waals surface area contributed by atoms with E-state index in [9.17, 15) is 9.59 Å². The topological polar surface area (TPSA) is 74.6 Å². The van der Waals surface area contributed by atoms with Gasteiger partial charge >= 0.3 is 133 Å². The Morgan fingerprint density at radius 3 is 1.30 bits per heavy atom. The van der Waals surface area contributed by atoms with Crippen molar-refractivity contribution < 1.29 is 19.8 Å². The van der Waals surface area contributed by atoms with E-state index in [4.69, 9.17) is 10.2 Å². The van der Waals surface area contributed by atoms with Gasteiger partial charge < -0.3 is 10.2 Å². The summed E-state index contributed by atoms with van der Waals surface area (Å²) in [7, 11) is 0. The maximum absolute atomic E-state index is 10.7. The summed E-state index contributed by atoms with van der Waals surface area (Å²) in [6.07, 6.45) is 25.3. The third kappa shape index (κ3) is 31.5. The van der Waals surface area contributed by atoms with Gasteiger partial charge in [-0.15, -0.1) is 0 Å². The summed E-state index contributed by atoms with van der Waals surface area (Å²) in [5.74, 6) is -2.32. The Hall–Kier alpha value is -0.521. The number of carboxylic acid groups (broad SMARTS) is 2. The predicted molar refractivity (Wildman–Crippen MR) is 143 cm³/mol. The van der Waals surface area contributed by atoms with Crippen LogP contribution in [-0.4, -0.2) is 43.3 Å². The molecule has 2 N–H and O–H groups in total. The van der Waals surface area contributed by atoms with Crippen molar-refractivity contribution in [3.05, 3.63) is 11.6 Å². The Morgan fingerprint density at radius 1 is 0.576 bits per heavy atom. The molecule has 0 aliphatic carbocycles. The molecule has 0 atom stereocenters. The zero-order valence-corrected chi connectivity index (χ0v) is 25.0. The van der Waals surface area contributed by atoms with Gasteiger partial charge in [0, 0.05) is 11.6 Å². The van der Waals surface area contributed by atoms with Crippen LogP contribution >= 0.6 is 0 Å². The number of hydrogen-bond donors (Lipinski definition) is 2. The molecule has 0 aromatic heterocycles. The number of unbranched alkanes of at least 4 members (excludes halogenated alkanes) is 15. The fourth-order valence-electron chi connectivity index (χ4n) is 3.67. The van der Waals surface area contributed by atoms with E-state index in [1.54, 1.807) is 21.7 Å². The van der Waals surface area contributed by atoms with Crippen LogP contribution < -0.4 is 0 Å². The summed E-state index contributed by atoms with van der Waals surface area (Å²) in [5.41, 5.74) is -0.0111. The van der Waals surface area contributed by atoms with Gasteiger partial charge in [0.05, 0.1) is 0 Å². The fraction of sp³-hybridized carbons (Fsp3) is 0.857. The molecule has 0 spiro atoms. The summed E-state index contributed by atoms with van der Waals surface area (Å²) in [6.45, 7) is 6.74. The van der Waals surface area contributed by atoms with E-state index in [0.717, 1.165) is 25.3 Å². The van der Waals surface area contributed by atoms with E-state index in [1.165, 1.54) is 83.5 Å². The summed E-state index contributed by atoms with van der Waals surface area (Å²) < 4.78 is 3.31. The average molecular weight is 573 g/mol. The minimum absolute atomic E-state index is 0.0111. The molecule has 0 rings (SSSR count). The first kappa shape index (κ1) is 34.6. The van der Waals surface area contributed by atoms with Crippen LogP contribution in [0, 0.1) is 0 Å². The van der Waals surface area contributed by atoms with Gasteiger partial charge in [-0.2, -0.15) is 0 Å². The van der Waals surface area contributed by atoms with Crippen molar-refractivity contribution >= 4 is 33.1 Å². The molecule has 0 saturated carbocycles. The molecular weight excluding hydrogens is 519 g/mol. The summed E-state index contributed by atoms with van der Waals surface area (Å²) >= 11 is 0.0736. The average Bonchev–Trinajstić information content (AvgIpc) is 2.78. The third-order valence-corrected chi connectivity index (χ3v) is 9.82. The number of carbonyl (C=O) groups is 2. The molecule has 0 saturated heterocycles. The first-order valence-electron chi connectivity index (χ1n) is 13.9. The Morgan fingerprint density at radius 2 is 0.939 bits per heavy atom. The van der Waals surface area contributed by atoms with Crippen LogP contribution in [-0.2, 0) is 9.59 Å². The van der Waals surface area contributed by atoms with E-state index in [1.807, 2.05) is 0 Å². The molecule has 0 aliphatic heterocycles. The van der Waals surface area contributed by atoms with Crippen LogP contribution in [0.1, 0.15) is 143 Å². The molecule has 194 valence electrons. The second kappa shape index (κ2) is 29.5. The standard InChI is InChI=1S/C12H20O4.2C8H17.Sn/c1-2-3-4-5-6-7-8-10(12(15)16)9-11(13)14;2*1-3-5-7-8-6-4-2;/h9H,2-8H2,1H3,(H,13,14)(H,15,16);2*1,3-8H2,2H3;/b10-9-;;;. The van der Waals surface area contributed by atoms with Crippen molar-refractivity contribution in [1.29, 1.82) is 0 Å². The van der Waals surface area contributed by atoms with Crippen molar-refractivity contribution in [3.63, 3.8) is 0 Å². The van der Waals surface area contributed by atoms with Crippen LogP contribution in [0.5, 0.6) is 0 Å². The monoisotopic (exact) mass is 574 g/mol. The Bertz CT molecular complexity index is 449. The molecule has 0 aromatic rings. The van der Waals surface area contributed by atoms with Gasteiger partial charge in [-0.3, -0.25) is 0 Å². The van der Waals surface area contributed by atoms with E-state index in [-0.39, 0.29) is 26.7 Å². The van der Waals surface area contributed by atoms with Crippen molar-refractivity contribution in [2.45, 2.75) is 152 Å². The first-order chi connectivity index (χ1) is 16.0. The molecule has 0 aromatic carbocycles. The number of carboxylic acids is 2. The second-order valence-corrected chi connectivity index (χ2v) is 13.4. The normalized spacial score (nSPS) is 11.2. The Balaban J connectivity index is 0. The summed E-state index contributed by atoms with van der Waals surface area (Å²) in [5, 5.41) is 17.2. The molecule has 2 radical (unpaired) electrons. The summed E-state index contributed by atoms with van der Waals surface area (Å²) in [4.78, 5) is 21.0. The maximum atomic E-state index is 10.7. The molecule has 5 heteroatoms. The van der Waals surface area contributed by atoms with Gasteiger partial charge in [-0.1, -0.05) is 39.0 Å². The van der Waals surface area contributed by atoms with Crippen molar-refractivity contribution in [1.82, 2.24) is 0 Å². The molecule has 0 amide bonds. The predicted octanol–water partition coefficient (Wildman–Crippen LogP) is 9.08. The van der Waals surface area contributed by atoms with Crippen molar-refractivity contribution in [2.24, 2.45) is 0 Å². The van der Waals surface area contributed by atoms with Crippen LogP contribution in [0.2, 0.25) is 8.87 Å². The van der Waals surface area contributed by atoms with Gasteiger partial charge in [0.2, 0.25) is 0 Å². The molecule has 33 heavy (non-hydrogen) atoms. The van der Waals surface area contributed by atoms with Gasteiger partial charge in [0.15, 0.2) is 0 Å². The van der Waals surface area contributed by atoms with Crippen LogP contribution in [0.15, 0.2) is 11.6 Å². The van der Waals surface area contributed by atoms with Gasteiger partial charge in [0.25, 0.3) is 0 Å². The molecule has 0 bridgehead atoms. The van der Waals surface area contributed by atoms with Crippen LogP contribution in [0.25, 0.3) is 0 Å². The fourth-order valence-corrected chi connectivity index (χ4v) is 7.24. The van der Waals surface area contributed by atoms with Crippen LogP contribution in [0.3, 0.4) is 0 Å². The third-order valence-electron chi connectivity index (χ3n) is 5.79.